The van der Waals surface area contributed by atoms with Crippen molar-refractivity contribution >= 4 is 17.0 Å². The van der Waals surface area contributed by atoms with Crippen LogP contribution in [0.15, 0.2) is 6.33 Å². The van der Waals surface area contributed by atoms with E-state index >= 15 is 0 Å². The van der Waals surface area contributed by atoms with Crippen LogP contribution in [0.2, 0.25) is 0 Å². The number of halogens is 1. The fourth-order valence-electron chi connectivity index (χ4n) is 0.756. The summed E-state index contributed by atoms with van der Waals surface area (Å²) in [6.07, 6.45) is 2.10. The van der Waals surface area contributed by atoms with Gasteiger partial charge in [0.15, 0.2) is 0 Å². The lowest BCUT2D eigenvalue weighted by Crippen LogP contribution is -2.05. The Labute approximate surface area is 74.3 Å². The Morgan fingerprint density at radius 3 is 3.08 bits per heavy atom. The molecule has 0 aromatic carbocycles. The molecule has 0 saturated heterocycles. The Morgan fingerprint density at radius 2 is 2.58 bits per heavy atom. The molecule has 0 aliphatic rings. The van der Waals surface area contributed by atoms with Crippen molar-refractivity contribution in [3.63, 3.8) is 0 Å². The fourth-order valence-corrected chi connectivity index (χ4v) is 0.833. The number of nitrogens with zero attached hydrogens (tertiary/aromatic N) is 3. The highest BCUT2D eigenvalue weighted by Crippen LogP contribution is 1.95. The lowest BCUT2D eigenvalue weighted by Gasteiger charge is -1.99. The van der Waals surface area contributed by atoms with Crippen LogP contribution in [0.5, 0.6) is 0 Å². The normalized spacial score (nSPS) is 9.83. The van der Waals surface area contributed by atoms with Gasteiger partial charge in [0, 0.05) is 25.1 Å². The van der Waals surface area contributed by atoms with Crippen LogP contribution in [0.25, 0.3) is 0 Å². The monoisotopic (exact) mass is 189 g/mol. The molecular weight excluding hydrogens is 182 g/mol. The highest BCUT2D eigenvalue weighted by atomic mass is 35.5. The Kier molecular flexibility index (Phi) is 3.04. The van der Waals surface area contributed by atoms with Crippen molar-refractivity contribution in [2.45, 2.75) is 6.42 Å². The van der Waals surface area contributed by atoms with Gasteiger partial charge in [0.25, 0.3) is 0 Å². The van der Waals surface area contributed by atoms with Gasteiger partial charge in [0.1, 0.15) is 12.2 Å². The van der Waals surface area contributed by atoms with Crippen molar-refractivity contribution in [3.05, 3.63) is 12.2 Å². The van der Waals surface area contributed by atoms with Crippen LogP contribution < -0.4 is 0 Å². The first kappa shape index (κ1) is 8.99. The Morgan fingerprint density at radius 1 is 1.83 bits per heavy atom. The van der Waals surface area contributed by atoms with E-state index in [1.54, 1.807) is 10.9 Å². The average Bonchev–Trinajstić information content (AvgIpc) is 2.36. The number of carbonyl (C=O) groups is 1. The maximum Gasteiger partial charge on any atom is 0.403 e. The molecule has 0 radical (unpaired) electrons. The van der Waals surface area contributed by atoms with Crippen molar-refractivity contribution < 1.29 is 9.53 Å². The fraction of sp³-hybridized carbons (Fsp3) is 0.500. The summed E-state index contributed by atoms with van der Waals surface area (Å²) >= 11 is 4.95. The van der Waals surface area contributed by atoms with Crippen LogP contribution in [0.4, 0.5) is 4.79 Å². The third-order valence-corrected chi connectivity index (χ3v) is 1.46. The summed E-state index contributed by atoms with van der Waals surface area (Å²) in [4.78, 5) is 10.2. The molecule has 1 heterocycles. The second-order valence-electron chi connectivity index (χ2n) is 2.19. The number of aryl methyl sites for hydroxylation is 1. The smallest absolute Gasteiger partial charge is 0.403 e. The molecular formula is C6H8ClN3O2. The molecule has 66 valence electrons. The largest absolute Gasteiger partial charge is 0.453 e. The molecule has 0 atom stereocenters. The van der Waals surface area contributed by atoms with Crippen LogP contribution in [-0.2, 0) is 18.2 Å². The lowest BCUT2D eigenvalue weighted by atomic mass is 10.4. The summed E-state index contributed by atoms with van der Waals surface area (Å²) in [7, 11) is 1.82. The van der Waals surface area contributed by atoms with Gasteiger partial charge in [-0.05, 0) is 0 Å². The number of carbonyl (C=O) groups excluding carboxylic acids is 1. The van der Waals surface area contributed by atoms with Gasteiger partial charge in [0.2, 0.25) is 0 Å². The molecule has 0 aliphatic carbocycles. The van der Waals surface area contributed by atoms with Gasteiger partial charge in [-0.25, -0.2) is 4.79 Å². The van der Waals surface area contributed by atoms with Gasteiger partial charge in [-0.1, -0.05) is 0 Å². The molecule has 0 N–H and O–H groups in total. The standard InChI is InChI=1S/C6H8ClN3O2/c1-10-4-8-9-5(10)2-3-12-6(7)11/h4H,2-3H2,1H3. The van der Waals surface area contributed by atoms with E-state index in [9.17, 15) is 4.79 Å². The molecule has 12 heavy (non-hydrogen) atoms. The first-order valence-corrected chi connectivity index (χ1v) is 3.73. The molecule has 0 fully saturated rings. The van der Waals surface area contributed by atoms with E-state index in [1.807, 2.05) is 7.05 Å². The Hall–Kier alpha value is -1.10. The topological polar surface area (TPSA) is 57.0 Å². The van der Waals surface area contributed by atoms with E-state index in [2.05, 4.69) is 14.9 Å². The summed E-state index contributed by atoms with van der Waals surface area (Å²) in [5, 5.41) is 7.45. The third kappa shape index (κ3) is 2.50. The maximum atomic E-state index is 10.2. The number of ether oxygens (including phenoxy) is 1. The number of hydrogen-bond donors (Lipinski definition) is 0. The minimum atomic E-state index is -0.794. The minimum absolute atomic E-state index is 0.231. The second-order valence-corrected chi connectivity index (χ2v) is 2.50. The van der Waals surface area contributed by atoms with Crippen LogP contribution in [0.1, 0.15) is 5.82 Å². The molecule has 1 aromatic rings. The number of hydrogen-bond acceptors (Lipinski definition) is 4. The van der Waals surface area contributed by atoms with Crippen molar-refractivity contribution in [3.8, 4) is 0 Å². The molecule has 0 spiro atoms. The van der Waals surface area contributed by atoms with Crippen LogP contribution in [0.3, 0.4) is 0 Å². The maximum absolute atomic E-state index is 10.2. The van der Waals surface area contributed by atoms with Crippen molar-refractivity contribution in [2.24, 2.45) is 7.05 Å². The first-order valence-electron chi connectivity index (χ1n) is 3.35. The van der Waals surface area contributed by atoms with Crippen molar-refractivity contribution in [2.75, 3.05) is 6.61 Å². The molecule has 6 heteroatoms. The molecule has 1 aromatic heterocycles. The van der Waals surface area contributed by atoms with Gasteiger partial charge in [0.05, 0.1) is 6.61 Å². The predicted octanol–water partition coefficient (Wildman–Crippen LogP) is 0.733. The van der Waals surface area contributed by atoms with E-state index in [-0.39, 0.29) is 6.61 Å². The van der Waals surface area contributed by atoms with Gasteiger partial charge in [-0.3, -0.25) is 0 Å². The average molecular weight is 190 g/mol. The molecule has 0 amide bonds. The van der Waals surface area contributed by atoms with Gasteiger partial charge in [-0.15, -0.1) is 10.2 Å². The number of aromatic nitrogens is 3. The van der Waals surface area contributed by atoms with E-state index < -0.39 is 5.43 Å². The van der Waals surface area contributed by atoms with Crippen LogP contribution in [0, 0.1) is 0 Å². The van der Waals surface area contributed by atoms with E-state index in [4.69, 9.17) is 11.6 Å². The van der Waals surface area contributed by atoms with Crippen molar-refractivity contribution in [1.29, 1.82) is 0 Å². The quantitative estimate of drug-likeness (QED) is 0.658. The van der Waals surface area contributed by atoms with Gasteiger partial charge in [-0.2, -0.15) is 0 Å². The summed E-state index contributed by atoms with van der Waals surface area (Å²) in [5.74, 6) is 0.757. The van der Waals surface area contributed by atoms with Crippen LogP contribution >= 0.6 is 11.6 Å². The Bertz CT molecular complexity index is 274. The first-order chi connectivity index (χ1) is 5.70. The second kappa shape index (κ2) is 4.06. The highest BCUT2D eigenvalue weighted by molar-refractivity contribution is 6.61. The zero-order valence-corrected chi connectivity index (χ0v) is 7.28. The third-order valence-electron chi connectivity index (χ3n) is 1.35. The molecule has 1 rings (SSSR count). The minimum Gasteiger partial charge on any atom is -0.453 e. The van der Waals surface area contributed by atoms with Crippen LogP contribution in [-0.4, -0.2) is 26.8 Å². The molecule has 5 nitrogen and oxygen atoms in total. The van der Waals surface area contributed by atoms with E-state index in [0.717, 1.165) is 5.82 Å². The van der Waals surface area contributed by atoms with Gasteiger partial charge >= 0.3 is 5.43 Å². The van der Waals surface area contributed by atoms with Gasteiger partial charge < -0.3 is 9.30 Å². The lowest BCUT2D eigenvalue weighted by molar-refractivity contribution is 0.174. The van der Waals surface area contributed by atoms with E-state index in [1.165, 1.54) is 0 Å². The van der Waals surface area contributed by atoms with E-state index in [0.29, 0.717) is 6.42 Å². The SMILES string of the molecule is Cn1cnnc1CCOC(=O)Cl. The summed E-state index contributed by atoms with van der Waals surface area (Å²) < 4.78 is 6.27. The highest BCUT2D eigenvalue weighted by Gasteiger charge is 2.01. The molecule has 0 bridgehead atoms. The summed E-state index contributed by atoms with van der Waals surface area (Å²) in [6.45, 7) is 0.231. The zero-order chi connectivity index (χ0) is 8.97. The zero-order valence-electron chi connectivity index (χ0n) is 6.53. The predicted molar refractivity (Wildman–Crippen MR) is 41.9 cm³/mol. The number of rotatable bonds is 3. The Balaban J connectivity index is 2.33. The van der Waals surface area contributed by atoms with Crippen molar-refractivity contribution in [1.82, 2.24) is 14.8 Å². The summed E-state index contributed by atoms with van der Waals surface area (Å²) in [6, 6.07) is 0. The summed E-state index contributed by atoms with van der Waals surface area (Å²) in [5.41, 5.74) is -0.794. The molecule has 0 aliphatic heterocycles. The molecule has 0 saturated carbocycles. The molecule has 0 unspecified atom stereocenters.